The number of benzene rings is 2. The second-order valence-corrected chi connectivity index (χ2v) is 6.16. The Hall–Kier alpha value is -2.46. The Morgan fingerprint density at radius 2 is 1.29 bits per heavy atom. The van der Waals surface area contributed by atoms with E-state index >= 15 is 0 Å². The minimum atomic E-state index is -0.0877. The first-order valence-electron chi connectivity index (χ1n) is 8.36. The maximum absolute atomic E-state index is 12.3. The van der Waals surface area contributed by atoms with Gasteiger partial charge in [0.25, 0.3) is 0 Å². The summed E-state index contributed by atoms with van der Waals surface area (Å²) in [6.07, 6.45) is 1.69. The molecule has 2 aromatic rings. The summed E-state index contributed by atoms with van der Waals surface area (Å²) in [6, 6.07) is 20.1. The van der Waals surface area contributed by atoms with Crippen molar-refractivity contribution in [2.24, 2.45) is 0 Å². The van der Waals surface area contributed by atoms with Crippen molar-refractivity contribution in [3.05, 3.63) is 71.8 Å². The van der Waals surface area contributed by atoms with E-state index in [9.17, 15) is 9.59 Å². The Labute approximate surface area is 142 Å². The van der Waals surface area contributed by atoms with E-state index in [0.29, 0.717) is 26.2 Å². The van der Waals surface area contributed by atoms with Gasteiger partial charge in [-0.1, -0.05) is 60.7 Å². The monoisotopic (exact) mass is 322 g/mol. The lowest BCUT2D eigenvalue weighted by molar-refractivity contribution is -0.151. The lowest BCUT2D eigenvalue weighted by atomic mass is 10.1. The first kappa shape index (κ1) is 16.4. The number of amides is 2. The Balaban J connectivity index is 1.50. The number of aryl methyl sites for hydroxylation is 1. The second kappa shape index (κ2) is 7.88. The molecule has 2 aromatic carbocycles. The molecule has 0 radical (unpaired) electrons. The molecule has 1 aliphatic rings. The summed E-state index contributed by atoms with van der Waals surface area (Å²) >= 11 is 0. The summed E-state index contributed by atoms with van der Waals surface area (Å²) in [5.74, 6) is -0.175. The first-order chi connectivity index (χ1) is 11.7. The molecule has 1 fully saturated rings. The van der Waals surface area contributed by atoms with E-state index in [1.807, 2.05) is 53.4 Å². The van der Waals surface area contributed by atoms with Crippen LogP contribution in [0.3, 0.4) is 0 Å². The molecule has 0 saturated carbocycles. The molecule has 2 amide bonds. The molecule has 24 heavy (non-hydrogen) atoms. The van der Waals surface area contributed by atoms with Crippen LogP contribution in [0.2, 0.25) is 0 Å². The molecule has 0 aromatic heterocycles. The van der Waals surface area contributed by atoms with E-state index in [4.69, 9.17) is 0 Å². The lowest BCUT2D eigenvalue weighted by Crippen LogP contribution is -2.53. The van der Waals surface area contributed by atoms with E-state index in [1.165, 1.54) is 10.5 Å². The fourth-order valence-electron chi connectivity index (χ4n) is 3.04. The van der Waals surface area contributed by atoms with Gasteiger partial charge in [0.1, 0.15) is 0 Å². The van der Waals surface area contributed by atoms with Crippen molar-refractivity contribution >= 4 is 11.8 Å². The molecular formula is C20H22N2O2. The number of piperazine rings is 1. The number of carbonyl (C=O) groups is 2. The molecule has 4 nitrogen and oxygen atoms in total. The zero-order valence-electron chi connectivity index (χ0n) is 13.7. The molecule has 4 heteroatoms. The standard InChI is InChI=1S/C20H22N2O2/c23-19-15-21(14-18-10-5-2-6-11-18)16-20(24)22(19)13-7-12-17-8-3-1-4-9-17/h1-6,8-11H,7,12-16H2. The van der Waals surface area contributed by atoms with Crippen molar-refractivity contribution in [2.45, 2.75) is 19.4 Å². The lowest BCUT2D eigenvalue weighted by Gasteiger charge is -2.32. The highest BCUT2D eigenvalue weighted by molar-refractivity contribution is 5.99. The zero-order chi connectivity index (χ0) is 16.8. The Morgan fingerprint density at radius 3 is 1.88 bits per heavy atom. The minimum Gasteiger partial charge on any atom is -0.281 e. The molecule has 0 aliphatic carbocycles. The highest BCUT2D eigenvalue weighted by Gasteiger charge is 2.30. The fraction of sp³-hybridized carbons (Fsp3) is 0.300. The zero-order valence-corrected chi connectivity index (χ0v) is 13.7. The third kappa shape index (κ3) is 4.30. The van der Waals surface area contributed by atoms with Crippen LogP contribution in [0.5, 0.6) is 0 Å². The van der Waals surface area contributed by atoms with E-state index in [2.05, 4.69) is 12.1 Å². The van der Waals surface area contributed by atoms with Crippen LogP contribution < -0.4 is 0 Å². The van der Waals surface area contributed by atoms with Crippen LogP contribution in [0.4, 0.5) is 0 Å². The first-order valence-corrected chi connectivity index (χ1v) is 8.36. The van der Waals surface area contributed by atoms with Crippen LogP contribution in [0.15, 0.2) is 60.7 Å². The maximum Gasteiger partial charge on any atom is 0.243 e. The molecule has 3 rings (SSSR count). The summed E-state index contributed by atoms with van der Waals surface area (Å²) in [6.45, 7) is 1.76. The van der Waals surface area contributed by atoms with Gasteiger partial charge in [0, 0.05) is 13.1 Å². The largest absolute Gasteiger partial charge is 0.281 e. The van der Waals surface area contributed by atoms with Crippen LogP contribution in [0.1, 0.15) is 17.5 Å². The van der Waals surface area contributed by atoms with Crippen molar-refractivity contribution in [3.63, 3.8) is 0 Å². The molecule has 0 N–H and O–H groups in total. The fourth-order valence-corrected chi connectivity index (χ4v) is 3.04. The number of imide groups is 1. The van der Waals surface area contributed by atoms with Crippen molar-refractivity contribution in [2.75, 3.05) is 19.6 Å². The molecule has 1 saturated heterocycles. The Kier molecular flexibility index (Phi) is 5.39. The summed E-state index contributed by atoms with van der Waals surface area (Å²) in [4.78, 5) is 28.0. The molecule has 0 spiro atoms. The van der Waals surface area contributed by atoms with Crippen LogP contribution in [0.25, 0.3) is 0 Å². The predicted molar refractivity (Wildman–Crippen MR) is 93.2 cm³/mol. The van der Waals surface area contributed by atoms with Gasteiger partial charge in [-0.15, -0.1) is 0 Å². The van der Waals surface area contributed by atoms with Crippen molar-refractivity contribution in [1.82, 2.24) is 9.80 Å². The third-order valence-electron chi connectivity index (χ3n) is 4.26. The number of hydrogen-bond donors (Lipinski definition) is 0. The average molecular weight is 322 g/mol. The predicted octanol–water partition coefficient (Wildman–Crippen LogP) is 2.49. The van der Waals surface area contributed by atoms with E-state index in [-0.39, 0.29) is 11.8 Å². The van der Waals surface area contributed by atoms with E-state index < -0.39 is 0 Å². The van der Waals surface area contributed by atoms with Crippen molar-refractivity contribution in [3.8, 4) is 0 Å². The van der Waals surface area contributed by atoms with Crippen LogP contribution in [-0.2, 0) is 22.6 Å². The summed E-state index contributed by atoms with van der Waals surface area (Å²) < 4.78 is 0. The molecular weight excluding hydrogens is 300 g/mol. The number of rotatable bonds is 6. The number of carbonyl (C=O) groups excluding carboxylic acids is 2. The smallest absolute Gasteiger partial charge is 0.243 e. The van der Waals surface area contributed by atoms with Crippen molar-refractivity contribution in [1.29, 1.82) is 0 Å². The number of nitrogens with zero attached hydrogens (tertiary/aromatic N) is 2. The summed E-state index contributed by atoms with van der Waals surface area (Å²) in [5, 5.41) is 0. The summed E-state index contributed by atoms with van der Waals surface area (Å²) in [5.41, 5.74) is 2.36. The third-order valence-corrected chi connectivity index (χ3v) is 4.26. The Morgan fingerprint density at radius 1 is 0.750 bits per heavy atom. The molecule has 0 unspecified atom stereocenters. The highest BCUT2D eigenvalue weighted by Crippen LogP contribution is 2.12. The van der Waals surface area contributed by atoms with Gasteiger partial charge in [0.15, 0.2) is 0 Å². The quantitative estimate of drug-likeness (QED) is 0.767. The topological polar surface area (TPSA) is 40.6 Å². The van der Waals surface area contributed by atoms with Gasteiger partial charge in [0.05, 0.1) is 13.1 Å². The van der Waals surface area contributed by atoms with E-state index in [1.54, 1.807) is 0 Å². The van der Waals surface area contributed by atoms with Gasteiger partial charge in [0.2, 0.25) is 11.8 Å². The molecule has 124 valence electrons. The van der Waals surface area contributed by atoms with Gasteiger partial charge in [-0.3, -0.25) is 19.4 Å². The maximum atomic E-state index is 12.3. The SMILES string of the molecule is O=C1CN(Cc2ccccc2)CC(=O)N1CCCc1ccccc1. The van der Waals surface area contributed by atoms with E-state index in [0.717, 1.165) is 18.4 Å². The molecule has 0 atom stereocenters. The highest BCUT2D eigenvalue weighted by atomic mass is 16.2. The average Bonchev–Trinajstić information content (AvgIpc) is 2.59. The molecule has 0 bridgehead atoms. The van der Waals surface area contributed by atoms with Gasteiger partial charge in [-0.05, 0) is 24.0 Å². The van der Waals surface area contributed by atoms with Crippen LogP contribution in [0, 0.1) is 0 Å². The van der Waals surface area contributed by atoms with Gasteiger partial charge in [-0.25, -0.2) is 0 Å². The molecule has 1 heterocycles. The molecule has 1 aliphatic heterocycles. The number of hydrogen-bond acceptors (Lipinski definition) is 3. The minimum absolute atomic E-state index is 0.0877. The van der Waals surface area contributed by atoms with Crippen molar-refractivity contribution < 1.29 is 9.59 Å². The van der Waals surface area contributed by atoms with Gasteiger partial charge in [-0.2, -0.15) is 0 Å². The normalized spacial score (nSPS) is 15.8. The van der Waals surface area contributed by atoms with Gasteiger partial charge >= 0.3 is 0 Å². The van der Waals surface area contributed by atoms with Crippen LogP contribution >= 0.6 is 0 Å². The second-order valence-electron chi connectivity index (χ2n) is 6.16. The van der Waals surface area contributed by atoms with Crippen LogP contribution in [-0.4, -0.2) is 41.2 Å². The Bertz CT molecular complexity index is 667. The van der Waals surface area contributed by atoms with Gasteiger partial charge < -0.3 is 0 Å². The summed E-state index contributed by atoms with van der Waals surface area (Å²) in [7, 11) is 0.